The van der Waals surface area contributed by atoms with Crippen molar-refractivity contribution in [2.24, 2.45) is 29.6 Å². The molecule has 1 heterocycles. The smallest absolute Gasteiger partial charge is 0.311 e. The van der Waals surface area contributed by atoms with Crippen molar-refractivity contribution in [2.45, 2.75) is 151 Å². The lowest BCUT2D eigenvalue weighted by molar-refractivity contribution is -0.163. The van der Waals surface area contributed by atoms with Crippen LogP contribution in [0, 0.1) is 29.6 Å². The van der Waals surface area contributed by atoms with Crippen LogP contribution in [0.5, 0.6) is 0 Å². The average molecular weight is 599 g/mol. The summed E-state index contributed by atoms with van der Waals surface area (Å²) in [6.07, 6.45) is -0.0417. The van der Waals surface area contributed by atoms with Gasteiger partial charge in [0.1, 0.15) is 6.10 Å². The molecule has 0 saturated heterocycles. The zero-order chi connectivity index (χ0) is 31.0. The van der Waals surface area contributed by atoms with E-state index in [2.05, 4.69) is 48.5 Å². The number of ether oxygens (including phenoxy) is 1. The van der Waals surface area contributed by atoms with Gasteiger partial charge in [0.25, 0.3) is 0 Å². The van der Waals surface area contributed by atoms with E-state index in [1.807, 2.05) is 40.7 Å². The minimum atomic E-state index is -2.06. The van der Waals surface area contributed by atoms with Crippen molar-refractivity contribution in [3.8, 4) is 0 Å². The second-order valence-corrected chi connectivity index (χ2v) is 22.1. The summed E-state index contributed by atoms with van der Waals surface area (Å²) < 4.78 is 20.0. The number of Topliss-reactive ketones (excluding diaryl/α,β-unsaturated/α-hetero) is 1. The highest BCUT2D eigenvalue weighted by molar-refractivity contribution is 6.74. The summed E-state index contributed by atoms with van der Waals surface area (Å²) in [6.45, 7) is 26.7. The van der Waals surface area contributed by atoms with Gasteiger partial charge >= 0.3 is 5.97 Å². The molecule has 1 N–H and O–H groups in total. The fourth-order valence-electron chi connectivity index (χ4n) is 6.47. The van der Waals surface area contributed by atoms with Crippen LogP contribution in [0.2, 0.25) is 36.3 Å². The number of carbonyl (C=O) groups is 2. The molecule has 0 amide bonds. The number of cyclic esters (lactones) is 1. The summed E-state index contributed by atoms with van der Waals surface area (Å²) in [7, 11) is -4.11. The van der Waals surface area contributed by atoms with E-state index in [1.54, 1.807) is 6.92 Å². The van der Waals surface area contributed by atoms with Crippen LogP contribution in [0.15, 0.2) is 11.6 Å². The topological polar surface area (TPSA) is 82.1 Å². The van der Waals surface area contributed by atoms with Gasteiger partial charge in [0.05, 0.1) is 24.2 Å². The van der Waals surface area contributed by atoms with E-state index < -0.39 is 40.7 Å². The second-order valence-electron chi connectivity index (χ2n) is 12.7. The number of esters is 1. The first-order valence-electron chi connectivity index (χ1n) is 16.1. The molecule has 40 heavy (non-hydrogen) atoms. The van der Waals surface area contributed by atoms with Crippen molar-refractivity contribution < 1.29 is 28.3 Å². The van der Waals surface area contributed by atoms with Gasteiger partial charge in [0.2, 0.25) is 0 Å². The Morgan fingerprint density at radius 3 is 1.57 bits per heavy atom. The van der Waals surface area contributed by atoms with Crippen molar-refractivity contribution in [3.05, 3.63) is 11.6 Å². The molecular formula is C32H62O6Si2. The Hall–Kier alpha value is -0.806. The number of aliphatic hydroxyl groups excluding tert-OH is 1. The Morgan fingerprint density at radius 2 is 1.15 bits per heavy atom. The molecule has 9 atom stereocenters. The first-order valence-corrected chi connectivity index (χ1v) is 21.2. The molecule has 1 rings (SSSR count). The van der Waals surface area contributed by atoms with Crippen molar-refractivity contribution >= 4 is 28.4 Å². The number of hydrogen-bond donors (Lipinski definition) is 1. The molecule has 0 aromatic heterocycles. The maximum atomic E-state index is 14.0. The van der Waals surface area contributed by atoms with Gasteiger partial charge in [-0.3, -0.25) is 9.59 Å². The number of ketones is 1. The van der Waals surface area contributed by atoms with Gasteiger partial charge in [0.15, 0.2) is 22.4 Å². The van der Waals surface area contributed by atoms with Gasteiger partial charge < -0.3 is 18.7 Å². The normalized spacial score (nSPS) is 35.0. The first-order chi connectivity index (χ1) is 18.6. The molecule has 0 aromatic carbocycles. The van der Waals surface area contributed by atoms with Crippen molar-refractivity contribution in [1.29, 1.82) is 0 Å². The Morgan fingerprint density at radius 1 is 0.725 bits per heavy atom. The van der Waals surface area contributed by atoms with Crippen LogP contribution < -0.4 is 0 Å². The lowest BCUT2D eigenvalue weighted by Gasteiger charge is -2.42. The van der Waals surface area contributed by atoms with Gasteiger partial charge in [-0.05, 0) is 62.6 Å². The van der Waals surface area contributed by atoms with Crippen LogP contribution in [0.3, 0.4) is 0 Å². The largest absolute Gasteiger partial charge is 0.462 e. The van der Waals surface area contributed by atoms with E-state index in [1.165, 1.54) is 0 Å². The third-order valence-corrected chi connectivity index (χ3v) is 19.7. The van der Waals surface area contributed by atoms with Crippen LogP contribution in [0.4, 0.5) is 0 Å². The van der Waals surface area contributed by atoms with Gasteiger partial charge in [-0.25, -0.2) is 0 Å². The minimum absolute atomic E-state index is 0.0656. The second kappa shape index (κ2) is 16.2. The highest BCUT2D eigenvalue weighted by Gasteiger charge is 2.44. The molecule has 0 bridgehead atoms. The van der Waals surface area contributed by atoms with E-state index in [0.29, 0.717) is 5.57 Å². The minimum Gasteiger partial charge on any atom is -0.462 e. The van der Waals surface area contributed by atoms with Crippen LogP contribution in [-0.4, -0.2) is 57.9 Å². The van der Waals surface area contributed by atoms with Gasteiger partial charge in [-0.15, -0.1) is 0 Å². The Balaban J connectivity index is 3.72. The fourth-order valence-corrected chi connectivity index (χ4v) is 12.5. The van der Waals surface area contributed by atoms with Gasteiger partial charge in [0, 0.05) is 23.7 Å². The van der Waals surface area contributed by atoms with Gasteiger partial charge in [-0.1, -0.05) is 75.3 Å². The molecule has 0 radical (unpaired) electrons. The SMILES string of the molecule is CC[Si](CC)(CC)O[C@@H]1[C@@H](C)[C@H](O)[C@@H](C)C(=O)O[C@H](C)[C@H](C)[C@H](O[Si](CC)(CC)CC)[C@@H](C)C(=O)/C(C)=C/[C@@H]1C. The van der Waals surface area contributed by atoms with Crippen molar-refractivity contribution in [2.75, 3.05) is 0 Å². The summed E-state index contributed by atoms with van der Waals surface area (Å²) >= 11 is 0. The van der Waals surface area contributed by atoms with Gasteiger partial charge in [-0.2, -0.15) is 0 Å². The lowest BCUT2D eigenvalue weighted by Crippen LogP contribution is -2.50. The fraction of sp³-hybridized carbons (Fsp3) is 0.875. The molecule has 0 fully saturated rings. The molecular weight excluding hydrogens is 537 g/mol. The Bertz CT molecular complexity index is 821. The standard InChI is InChI=1S/C32H62O6Si2/c1-14-39(15-2,16-3)37-30-22(8)20-21(7)28(33)24(10)31(38-40(17-4,18-5)19-6)23(9)27(13)36-32(35)26(12)29(34)25(30)11/h20,22-27,29-31,34H,14-19H2,1-13H3/b21-20+/t22-,23-,24-,25-,26+,27+,29-,30-,31-/m0/s1. The zero-order valence-electron chi connectivity index (χ0n) is 28.0. The lowest BCUT2D eigenvalue weighted by atomic mass is 9.81. The molecule has 0 spiro atoms. The Kier molecular flexibility index (Phi) is 15.0. The summed E-state index contributed by atoms with van der Waals surface area (Å²) in [5.41, 5.74) is 0.708. The highest BCUT2D eigenvalue weighted by Crippen LogP contribution is 2.36. The molecule has 0 aliphatic carbocycles. The van der Waals surface area contributed by atoms with E-state index in [0.717, 1.165) is 36.3 Å². The van der Waals surface area contributed by atoms with E-state index in [4.69, 9.17) is 13.6 Å². The van der Waals surface area contributed by atoms with Crippen LogP contribution in [0.1, 0.15) is 90.0 Å². The van der Waals surface area contributed by atoms with Crippen molar-refractivity contribution in [3.63, 3.8) is 0 Å². The van der Waals surface area contributed by atoms with E-state index >= 15 is 0 Å². The summed E-state index contributed by atoms with van der Waals surface area (Å²) in [4.78, 5) is 27.3. The van der Waals surface area contributed by atoms with Crippen LogP contribution >= 0.6 is 0 Å². The third kappa shape index (κ3) is 8.62. The van der Waals surface area contributed by atoms with Crippen molar-refractivity contribution in [1.82, 2.24) is 0 Å². The molecule has 0 saturated carbocycles. The van der Waals surface area contributed by atoms with Crippen LogP contribution in [0.25, 0.3) is 0 Å². The molecule has 0 aromatic rings. The summed E-state index contributed by atoms with van der Waals surface area (Å²) in [5, 5.41) is 11.5. The average Bonchev–Trinajstić information content (AvgIpc) is 2.96. The molecule has 234 valence electrons. The number of hydrogen-bond acceptors (Lipinski definition) is 6. The molecule has 0 unspecified atom stereocenters. The number of aliphatic hydroxyl groups is 1. The van der Waals surface area contributed by atoms with Crippen LogP contribution in [-0.2, 0) is 23.2 Å². The zero-order valence-corrected chi connectivity index (χ0v) is 30.0. The molecule has 6 nitrogen and oxygen atoms in total. The highest BCUT2D eigenvalue weighted by atomic mass is 28.4. The molecule has 1 aliphatic rings. The maximum Gasteiger partial charge on any atom is 0.311 e. The molecule has 1 aliphatic heterocycles. The van der Waals surface area contributed by atoms with E-state index in [9.17, 15) is 14.7 Å². The summed E-state index contributed by atoms with van der Waals surface area (Å²) in [5.74, 6) is -2.05. The molecule has 8 heteroatoms. The summed E-state index contributed by atoms with van der Waals surface area (Å²) in [6, 6.07) is 5.87. The maximum absolute atomic E-state index is 14.0. The predicted octanol–water partition coefficient (Wildman–Crippen LogP) is 7.77. The number of rotatable bonds is 10. The monoisotopic (exact) mass is 598 g/mol. The Labute approximate surface area is 248 Å². The first kappa shape index (κ1) is 37.2. The quantitative estimate of drug-likeness (QED) is 0.204. The predicted molar refractivity (Wildman–Crippen MR) is 170 cm³/mol. The van der Waals surface area contributed by atoms with E-state index in [-0.39, 0.29) is 41.7 Å². The number of carbonyl (C=O) groups excluding carboxylic acids is 2. The number of allylic oxidation sites excluding steroid dienone is 1. The third-order valence-electron chi connectivity index (χ3n) is 10.5.